The van der Waals surface area contributed by atoms with Gasteiger partial charge in [-0.15, -0.1) is 6.58 Å². The summed E-state index contributed by atoms with van der Waals surface area (Å²) in [5.74, 6) is -0.145. The highest BCUT2D eigenvalue weighted by molar-refractivity contribution is 7.89. The third-order valence-corrected chi connectivity index (χ3v) is 5.87. The second-order valence-corrected chi connectivity index (χ2v) is 8.21. The van der Waals surface area contributed by atoms with E-state index >= 15 is 0 Å². The summed E-state index contributed by atoms with van der Waals surface area (Å²) in [7, 11) is -3.59. The molecule has 1 heterocycles. The number of carbonyl (C=O) groups excluding carboxylic acids is 1. The van der Waals surface area contributed by atoms with E-state index in [0.717, 1.165) is 24.1 Å². The van der Waals surface area contributed by atoms with E-state index in [-0.39, 0.29) is 17.3 Å². The predicted octanol–water partition coefficient (Wildman–Crippen LogP) is 3.40. The number of rotatable bonds is 5. The number of nitrogens with zero attached hydrogens (tertiary/aromatic N) is 1. The van der Waals surface area contributed by atoms with Crippen molar-refractivity contribution in [3.8, 4) is 0 Å². The lowest BCUT2D eigenvalue weighted by atomic mass is 10.0. The monoisotopic (exact) mass is 390 g/mol. The summed E-state index contributed by atoms with van der Waals surface area (Å²) >= 11 is 5.99. The molecule has 0 atom stereocenters. The van der Waals surface area contributed by atoms with Crippen LogP contribution in [0.15, 0.2) is 60.0 Å². The number of sulfonamides is 1. The maximum Gasteiger partial charge on any atom is 0.258 e. The topological polar surface area (TPSA) is 66.5 Å². The quantitative estimate of drug-likeness (QED) is 0.795. The highest BCUT2D eigenvalue weighted by Crippen LogP contribution is 2.31. The molecule has 0 bridgehead atoms. The first-order valence-electron chi connectivity index (χ1n) is 8.23. The van der Waals surface area contributed by atoms with Crippen LogP contribution < -0.4 is 9.62 Å². The van der Waals surface area contributed by atoms with Gasteiger partial charge in [-0.05, 0) is 54.8 Å². The lowest BCUT2D eigenvalue weighted by Crippen LogP contribution is -2.35. The molecule has 1 aliphatic heterocycles. The SMILES string of the molecule is C=CCNS(=O)(=O)c1ccc2c(c1)CCCN2C(=O)c1cccc(Cl)c1. The van der Waals surface area contributed by atoms with Crippen molar-refractivity contribution in [2.75, 3.05) is 18.0 Å². The van der Waals surface area contributed by atoms with E-state index in [2.05, 4.69) is 11.3 Å². The van der Waals surface area contributed by atoms with Crippen LogP contribution in [0.3, 0.4) is 0 Å². The zero-order valence-corrected chi connectivity index (χ0v) is 15.7. The first-order valence-corrected chi connectivity index (χ1v) is 10.1. The fraction of sp³-hybridized carbons (Fsp3) is 0.211. The van der Waals surface area contributed by atoms with E-state index < -0.39 is 10.0 Å². The molecule has 0 spiro atoms. The van der Waals surface area contributed by atoms with Gasteiger partial charge in [0.25, 0.3) is 5.91 Å². The van der Waals surface area contributed by atoms with E-state index in [1.165, 1.54) is 12.1 Å². The standard InChI is InChI=1S/C19H19ClN2O3S/c1-2-10-21-26(24,25)17-8-9-18-14(13-17)6-4-11-22(18)19(23)15-5-3-7-16(20)12-15/h2-3,5,7-9,12-13,21H,1,4,6,10-11H2. The van der Waals surface area contributed by atoms with Gasteiger partial charge in [0.05, 0.1) is 4.90 Å². The van der Waals surface area contributed by atoms with Gasteiger partial charge in [0, 0.05) is 29.4 Å². The number of nitrogens with one attached hydrogen (secondary N) is 1. The van der Waals surface area contributed by atoms with E-state index in [9.17, 15) is 13.2 Å². The molecule has 0 aliphatic carbocycles. The fourth-order valence-electron chi connectivity index (χ4n) is 2.98. The van der Waals surface area contributed by atoms with Crippen LogP contribution in [0.4, 0.5) is 5.69 Å². The molecular formula is C19H19ClN2O3S. The maximum absolute atomic E-state index is 12.9. The van der Waals surface area contributed by atoms with Crippen LogP contribution in [0.5, 0.6) is 0 Å². The molecule has 0 fully saturated rings. The molecule has 0 radical (unpaired) electrons. The number of halogens is 1. The summed E-state index contributed by atoms with van der Waals surface area (Å²) < 4.78 is 27.1. The molecule has 2 aromatic carbocycles. The minimum absolute atomic E-state index is 0.145. The van der Waals surface area contributed by atoms with Crippen molar-refractivity contribution in [2.45, 2.75) is 17.7 Å². The zero-order chi connectivity index (χ0) is 18.7. The summed E-state index contributed by atoms with van der Waals surface area (Å²) in [6, 6.07) is 11.7. The molecule has 1 aliphatic rings. The molecule has 0 aromatic heterocycles. The van der Waals surface area contributed by atoms with Crippen LogP contribution in [0.1, 0.15) is 22.3 Å². The molecule has 3 rings (SSSR count). The molecule has 1 amide bonds. The largest absolute Gasteiger partial charge is 0.308 e. The van der Waals surface area contributed by atoms with Gasteiger partial charge in [0.1, 0.15) is 0 Å². The van der Waals surface area contributed by atoms with Crippen molar-refractivity contribution in [1.82, 2.24) is 4.72 Å². The van der Waals surface area contributed by atoms with Crippen molar-refractivity contribution >= 4 is 33.2 Å². The Balaban J connectivity index is 1.93. The summed E-state index contributed by atoms with van der Waals surface area (Å²) in [6.07, 6.45) is 2.98. The second kappa shape index (κ2) is 7.61. The zero-order valence-electron chi connectivity index (χ0n) is 14.1. The van der Waals surface area contributed by atoms with E-state index in [0.29, 0.717) is 17.1 Å². The van der Waals surface area contributed by atoms with E-state index in [1.807, 2.05) is 0 Å². The van der Waals surface area contributed by atoms with Crippen LogP contribution in [-0.4, -0.2) is 27.4 Å². The van der Waals surface area contributed by atoms with Crippen LogP contribution in [0, 0.1) is 0 Å². The number of hydrogen-bond donors (Lipinski definition) is 1. The Morgan fingerprint density at radius 1 is 1.27 bits per heavy atom. The van der Waals surface area contributed by atoms with Crippen LogP contribution in [-0.2, 0) is 16.4 Å². The van der Waals surface area contributed by atoms with Crippen LogP contribution in [0.2, 0.25) is 5.02 Å². The molecule has 5 nitrogen and oxygen atoms in total. The van der Waals surface area contributed by atoms with Gasteiger partial charge in [-0.3, -0.25) is 4.79 Å². The normalized spacial score (nSPS) is 14.0. The molecule has 0 saturated heterocycles. The number of amides is 1. The van der Waals surface area contributed by atoms with Gasteiger partial charge in [0.2, 0.25) is 10.0 Å². The average Bonchev–Trinajstić information content (AvgIpc) is 2.65. The van der Waals surface area contributed by atoms with Crippen molar-refractivity contribution in [3.63, 3.8) is 0 Å². The number of aryl methyl sites for hydroxylation is 1. The number of benzene rings is 2. The van der Waals surface area contributed by atoms with Crippen molar-refractivity contribution in [2.24, 2.45) is 0 Å². The van der Waals surface area contributed by atoms with Crippen molar-refractivity contribution in [1.29, 1.82) is 0 Å². The Labute approximate surface area is 158 Å². The van der Waals surface area contributed by atoms with Gasteiger partial charge < -0.3 is 4.90 Å². The Bertz CT molecular complexity index is 957. The summed E-state index contributed by atoms with van der Waals surface area (Å²) in [5, 5.41) is 0.503. The molecule has 26 heavy (non-hydrogen) atoms. The molecule has 7 heteroatoms. The minimum Gasteiger partial charge on any atom is -0.308 e. The Kier molecular flexibility index (Phi) is 5.46. The van der Waals surface area contributed by atoms with Gasteiger partial charge in [0.15, 0.2) is 0 Å². The van der Waals surface area contributed by atoms with Gasteiger partial charge in [-0.1, -0.05) is 23.7 Å². The summed E-state index contributed by atoms with van der Waals surface area (Å²) in [6.45, 7) is 4.26. The highest BCUT2D eigenvalue weighted by Gasteiger charge is 2.25. The first-order chi connectivity index (χ1) is 12.4. The number of anilines is 1. The highest BCUT2D eigenvalue weighted by atomic mass is 35.5. The number of hydrogen-bond acceptors (Lipinski definition) is 3. The van der Waals surface area contributed by atoms with E-state index in [1.54, 1.807) is 41.3 Å². The maximum atomic E-state index is 12.9. The first kappa shape index (κ1) is 18.6. The molecule has 0 unspecified atom stereocenters. The lowest BCUT2D eigenvalue weighted by molar-refractivity contribution is 0.0985. The van der Waals surface area contributed by atoms with Crippen molar-refractivity contribution < 1.29 is 13.2 Å². The number of carbonyl (C=O) groups is 1. The van der Waals surface area contributed by atoms with Gasteiger partial charge in [-0.2, -0.15) is 0 Å². The third-order valence-electron chi connectivity index (χ3n) is 4.21. The Hall–Kier alpha value is -2.15. The molecular weight excluding hydrogens is 372 g/mol. The average molecular weight is 391 g/mol. The van der Waals surface area contributed by atoms with Crippen molar-refractivity contribution in [3.05, 3.63) is 71.3 Å². The van der Waals surface area contributed by atoms with E-state index in [4.69, 9.17) is 11.6 Å². The Morgan fingerprint density at radius 2 is 2.08 bits per heavy atom. The molecule has 0 saturated carbocycles. The van der Waals surface area contributed by atoms with Gasteiger partial charge in [-0.25, -0.2) is 13.1 Å². The molecule has 2 aromatic rings. The fourth-order valence-corrected chi connectivity index (χ4v) is 4.22. The number of fused-ring (bicyclic) bond motifs is 1. The summed E-state index contributed by atoms with van der Waals surface area (Å²) in [5.41, 5.74) is 2.09. The summed E-state index contributed by atoms with van der Waals surface area (Å²) in [4.78, 5) is 14.7. The third kappa shape index (κ3) is 3.82. The molecule has 136 valence electrons. The minimum atomic E-state index is -3.59. The predicted molar refractivity (Wildman–Crippen MR) is 103 cm³/mol. The second-order valence-electron chi connectivity index (χ2n) is 6.00. The van der Waals surface area contributed by atoms with Crippen LogP contribution >= 0.6 is 11.6 Å². The molecule has 1 N–H and O–H groups in total. The lowest BCUT2D eigenvalue weighted by Gasteiger charge is -2.30. The van der Waals surface area contributed by atoms with Gasteiger partial charge >= 0.3 is 0 Å². The smallest absolute Gasteiger partial charge is 0.258 e. The van der Waals surface area contributed by atoms with Crippen LogP contribution in [0.25, 0.3) is 0 Å². The Morgan fingerprint density at radius 3 is 2.81 bits per heavy atom.